The number of hydrogen-bond donors (Lipinski definition) is 5. The number of hydrogen-bond acceptors (Lipinski definition) is 7. The highest BCUT2D eigenvalue weighted by Crippen LogP contribution is 2.48. The van der Waals surface area contributed by atoms with Gasteiger partial charge >= 0.3 is 0 Å². The standard InChI is InChI=1S/C18H26N4O4S/c1-8(23)10-6-11(22-21-10)15(25)20-16-12(14(19)24)9-7-17(2,3)26-18(4,5)13(9)27-16/h6,8,11,21-23H,7H2,1-5H3,(H2,19,24)(H,20,25). The van der Waals surface area contributed by atoms with Crippen molar-refractivity contribution in [1.29, 1.82) is 0 Å². The maximum atomic E-state index is 12.6. The molecule has 1 aromatic heterocycles. The van der Waals surface area contributed by atoms with Crippen LogP contribution in [0.15, 0.2) is 11.8 Å². The molecule has 0 bridgehead atoms. The Morgan fingerprint density at radius 2 is 2.07 bits per heavy atom. The van der Waals surface area contributed by atoms with E-state index in [2.05, 4.69) is 16.2 Å². The van der Waals surface area contributed by atoms with Crippen LogP contribution in [0.3, 0.4) is 0 Å². The predicted molar refractivity (Wildman–Crippen MR) is 103 cm³/mol. The van der Waals surface area contributed by atoms with Crippen LogP contribution in [0.4, 0.5) is 5.00 Å². The van der Waals surface area contributed by atoms with E-state index in [1.165, 1.54) is 11.3 Å². The highest BCUT2D eigenvalue weighted by molar-refractivity contribution is 7.17. The van der Waals surface area contributed by atoms with Crippen LogP contribution in [0.1, 0.15) is 55.4 Å². The summed E-state index contributed by atoms with van der Waals surface area (Å²) >= 11 is 1.32. The van der Waals surface area contributed by atoms with Crippen molar-refractivity contribution in [3.63, 3.8) is 0 Å². The number of primary amides is 1. The molecule has 3 heterocycles. The molecule has 2 aliphatic heterocycles. The average Bonchev–Trinajstić information content (AvgIpc) is 3.10. The first-order valence-corrected chi connectivity index (χ1v) is 9.61. The summed E-state index contributed by atoms with van der Waals surface area (Å²) in [7, 11) is 0. The van der Waals surface area contributed by atoms with Gasteiger partial charge in [0.15, 0.2) is 0 Å². The smallest absolute Gasteiger partial charge is 0.251 e. The molecule has 27 heavy (non-hydrogen) atoms. The van der Waals surface area contributed by atoms with E-state index in [4.69, 9.17) is 10.5 Å². The van der Waals surface area contributed by atoms with Crippen LogP contribution in [0.25, 0.3) is 0 Å². The molecule has 0 fully saturated rings. The molecule has 0 radical (unpaired) electrons. The molecular weight excluding hydrogens is 368 g/mol. The maximum absolute atomic E-state index is 12.6. The number of amides is 2. The van der Waals surface area contributed by atoms with Gasteiger partial charge in [-0.15, -0.1) is 11.3 Å². The second kappa shape index (κ2) is 6.59. The van der Waals surface area contributed by atoms with Gasteiger partial charge in [-0.3, -0.25) is 9.59 Å². The molecule has 0 saturated carbocycles. The van der Waals surface area contributed by atoms with Crippen molar-refractivity contribution in [2.45, 2.75) is 64.4 Å². The lowest BCUT2D eigenvalue weighted by atomic mass is 9.86. The van der Waals surface area contributed by atoms with Gasteiger partial charge in [0.2, 0.25) is 5.91 Å². The summed E-state index contributed by atoms with van der Waals surface area (Å²) in [4.78, 5) is 25.7. The maximum Gasteiger partial charge on any atom is 0.251 e. The summed E-state index contributed by atoms with van der Waals surface area (Å²) in [5, 5.41) is 12.8. The third kappa shape index (κ3) is 3.73. The number of rotatable bonds is 4. The molecule has 1 aromatic rings. The van der Waals surface area contributed by atoms with Crippen molar-refractivity contribution in [3.8, 4) is 0 Å². The molecule has 148 valence electrons. The molecule has 0 aliphatic carbocycles. The number of anilines is 1. The van der Waals surface area contributed by atoms with Crippen LogP contribution in [0, 0.1) is 0 Å². The number of hydrazine groups is 1. The summed E-state index contributed by atoms with van der Waals surface area (Å²) in [5.41, 5.74) is 11.9. The number of fused-ring (bicyclic) bond motifs is 1. The fourth-order valence-corrected chi connectivity index (χ4v) is 4.93. The first-order valence-electron chi connectivity index (χ1n) is 8.79. The van der Waals surface area contributed by atoms with Crippen molar-refractivity contribution >= 4 is 28.2 Å². The largest absolute Gasteiger partial charge is 0.387 e. The third-order valence-electron chi connectivity index (χ3n) is 4.62. The second-order valence-electron chi connectivity index (χ2n) is 8.06. The number of carbonyl (C=O) groups excluding carboxylic acids is 2. The van der Waals surface area contributed by atoms with Crippen molar-refractivity contribution in [2.75, 3.05) is 5.32 Å². The fourth-order valence-electron chi connectivity index (χ4n) is 3.67. The Bertz CT molecular complexity index is 826. The SMILES string of the molecule is CC(O)C1=CC(C(=O)Nc2sc3c(c2C(N)=O)CC(C)(C)OC3(C)C)NN1. The zero-order valence-corrected chi connectivity index (χ0v) is 16.9. The molecular formula is C18H26N4O4S. The number of thiophene rings is 1. The minimum atomic E-state index is -0.717. The molecule has 9 heteroatoms. The number of ether oxygens (including phenoxy) is 1. The van der Waals surface area contributed by atoms with Gasteiger partial charge in [-0.1, -0.05) is 0 Å². The summed E-state index contributed by atoms with van der Waals surface area (Å²) in [6.07, 6.45) is 1.42. The van der Waals surface area contributed by atoms with Gasteiger partial charge in [-0.05, 0) is 46.3 Å². The summed E-state index contributed by atoms with van der Waals surface area (Å²) < 4.78 is 6.17. The van der Waals surface area contributed by atoms with E-state index in [1.54, 1.807) is 13.0 Å². The number of nitrogens with two attached hydrogens (primary N) is 1. The highest BCUT2D eigenvalue weighted by atomic mass is 32.1. The van der Waals surface area contributed by atoms with Crippen LogP contribution in [0.5, 0.6) is 0 Å². The minimum Gasteiger partial charge on any atom is -0.387 e. The molecule has 8 nitrogen and oxygen atoms in total. The Hall–Kier alpha value is -1.94. The molecule has 2 amide bonds. The topological polar surface area (TPSA) is 126 Å². The Morgan fingerprint density at radius 3 is 2.63 bits per heavy atom. The van der Waals surface area contributed by atoms with E-state index in [0.29, 0.717) is 22.7 Å². The number of aliphatic hydroxyl groups is 1. The average molecular weight is 394 g/mol. The molecule has 2 unspecified atom stereocenters. The fraction of sp³-hybridized carbons (Fsp3) is 0.556. The van der Waals surface area contributed by atoms with Crippen LogP contribution in [-0.4, -0.2) is 34.7 Å². The van der Waals surface area contributed by atoms with E-state index in [-0.39, 0.29) is 5.91 Å². The van der Waals surface area contributed by atoms with Crippen LogP contribution in [0.2, 0.25) is 0 Å². The summed E-state index contributed by atoms with van der Waals surface area (Å²) in [5.74, 6) is -0.925. The Labute approximate surface area is 162 Å². The van der Waals surface area contributed by atoms with Crippen LogP contribution >= 0.6 is 11.3 Å². The molecule has 0 spiro atoms. The molecule has 2 atom stereocenters. The van der Waals surface area contributed by atoms with E-state index in [1.807, 2.05) is 27.7 Å². The molecule has 3 rings (SSSR count). The van der Waals surface area contributed by atoms with Crippen molar-refractivity contribution in [2.24, 2.45) is 5.73 Å². The second-order valence-corrected chi connectivity index (χ2v) is 9.08. The van der Waals surface area contributed by atoms with Gasteiger partial charge in [-0.25, -0.2) is 5.43 Å². The van der Waals surface area contributed by atoms with Crippen molar-refractivity contribution in [3.05, 3.63) is 27.8 Å². The minimum absolute atomic E-state index is 0.346. The van der Waals surface area contributed by atoms with Gasteiger partial charge in [0, 0.05) is 11.3 Å². The van der Waals surface area contributed by atoms with Gasteiger partial charge in [0.1, 0.15) is 11.0 Å². The van der Waals surface area contributed by atoms with E-state index < -0.39 is 29.3 Å². The first kappa shape index (κ1) is 19.8. The zero-order valence-electron chi connectivity index (χ0n) is 16.1. The first-order chi connectivity index (χ1) is 12.4. The lowest BCUT2D eigenvalue weighted by Crippen LogP contribution is -2.42. The Balaban J connectivity index is 1.95. The molecule has 0 aromatic carbocycles. The Kier molecular flexibility index (Phi) is 4.84. The van der Waals surface area contributed by atoms with Crippen molar-refractivity contribution < 1.29 is 19.4 Å². The third-order valence-corrected chi connectivity index (χ3v) is 6.07. The number of carbonyl (C=O) groups is 2. The molecule has 6 N–H and O–H groups in total. The zero-order chi connectivity index (χ0) is 20.1. The lowest BCUT2D eigenvalue weighted by Gasteiger charge is -2.41. The van der Waals surface area contributed by atoms with E-state index in [9.17, 15) is 14.7 Å². The van der Waals surface area contributed by atoms with Crippen LogP contribution < -0.4 is 21.9 Å². The lowest BCUT2D eigenvalue weighted by molar-refractivity contribution is -0.135. The summed E-state index contributed by atoms with van der Waals surface area (Å²) in [6, 6.07) is -0.671. The van der Waals surface area contributed by atoms with Crippen molar-refractivity contribution in [1.82, 2.24) is 10.9 Å². The normalized spacial score (nSPS) is 23.8. The monoisotopic (exact) mass is 394 g/mol. The number of nitrogens with one attached hydrogen (secondary N) is 3. The van der Waals surface area contributed by atoms with Gasteiger partial charge in [0.25, 0.3) is 5.91 Å². The number of aliphatic hydroxyl groups excluding tert-OH is 1. The van der Waals surface area contributed by atoms with Gasteiger partial charge in [-0.2, -0.15) is 0 Å². The molecule has 2 aliphatic rings. The van der Waals surface area contributed by atoms with Gasteiger partial charge in [0.05, 0.1) is 28.6 Å². The van der Waals surface area contributed by atoms with Gasteiger partial charge < -0.3 is 26.3 Å². The quantitative estimate of drug-likeness (QED) is 0.521. The molecule has 0 saturated heterocycles. The van der Waals surface area contributed by atoms with E-state index in [0.717, 1.165) is 10.4 Å². The summed E-state index contributed by atoms with van der Waals surface area (Å²) in [6.45, 7) is 9.42. The van der Waals surface area contributed by atoms with E-state index >= 15 is 0 Å². The Morgan fingerprint density at radius 1 is 1.41 bits per heavy atom. The highest BCUT2D eigenvalue weighted by Gasteiger charge is 2.43. The predicted octanol–water partition coefficient (Wildman–Crippen LogP) is 1.11. The van der Waals surface area contributed by atoms with Crippen LogP contribution in [-0.2, 0) is 21.6 Å².